The highest BCUT2D eigenvalue weighted by Crippen LogP contribution is 2.05. The second kappa shape index (κ2) is 11.7. The average Bonchev–Trinajstić information content (AvgIpc) is 2.71. The molecule has 0 aromatic heterocycles. The van der Waals surface area contributed by atoms with Gasteiger partial charge in [-0.2, -0.15) is 0 Å². The van der Waals surface area contributed by atoms with E-state index in [1.54, 1.807) is 19.2 Å². The van der Waals surface area contributed by atoms with Gasteiger partial charge in [0.05, 0.1) is 6.42 Å². The van der Waals surface area contributed by atoms with Crippen molar-refractivity contribution >= 4 is 11.9 Å². The lowest BCUT2D eigenvalue weighted by atomic mass is 10.1. The summed E-state index contributed by atoms with van der Waals surface area (Å²) < 4.78 is 12.9. The fraction of sp³-hybridized carbons (Fsp3) is 0.364. The van der Waals surface area contributed by atoms with Crippen LogP contribution in [0.25, 0.3) is 0 Å². The SMILES string of the molecule is CN=C(NCCNC(=O)Cc1ccc(F)cc1)NC(C)CCc1ccccc1. The fourth-order valence-corrected chi connectivity index (χ4v) is 2.76. The van der Waals surface area contributed by atoms with E-state index in [0.29, 0.717) is 19.0 Å². The highest BCUT2D eigenvalue weighted by Gasteiger charge is 2.06. The van der Waals surface area contributed by atoms with E-state index in [0.717, 1.165) is 18.4 Å². The van der Waals surface area contributed by atoms with Crippen molar-refractivity contribution in [1.29, 1.82) is 0 Å². The first-order valence-corrected chi connectivity index (χ1v) is 9.59. The zero-order valence-corrected chi connectivity index (χ0v) is 16.5. The third kappa shape index (κ3) is 8.20. The zero-order chi connectivity index (χ0) is 20.2. The van der Waals surface area contributed by atoms with Gasteiger partial charge in [-0.25, -0.2) is 4.39 Å². The summed E-state index contributed by atoms with van der Waals surface area (Å²) in [5.74, 6) is 0.325. The summed E-state index contributed by atoms with van der Waals surface area (Å²) in [4.78, 5) is 16.2. The molecule has 0 fully saturated rings. The Balaban J connectivity index is 1.62. The first-order valence-electron chi connectivity index (χ1n) is 9.59. The van der Waals surface area contributed by atoms with Crippen LogP contribution in [0.2, 0.25) is 0 Å². The summed E-state index contributed by atoms with van der Waals surface area (Å²) in [6, 6.07) is 16.6. The smallest absolute Gasteiger partial charge is 0.224 e. The summed E-state index contributed by atoms with van der Waals surface area (Å²) in [7, 11) is 1.73. The summed E-state index contributed by atoms with van der Waals surface area (Å²) in [5.41, 5.74) is 2.11. The molecule has 1 amide bonds. The van der Waals surface area contributed by atoms with Crippen molar-refractivity contribution in [3.8, 4) is 0 Å². The van der Waals surface area contributed by atoms with Crippen molar-refractivity contribution in [1.82, 2.24) is 16.0 Å². The highest BCUT2D eigenvalue weighted by molar-refractivity contribution is 5.80. The Morgan fingerprint density at radius 3 is 2.36 bits per heavy atom. The number of guanidine groups is 1. The van der Waals surface area contributed by atoms with E-state index in [1.807, 2.05) is 6.07 Å². The summed E-state index contributed by atoms with van der Waals surface area (Å²) >= 11 is 0. The summed E-state index contributed by atoms with van der Waals surface area (Å²) in [5, 5.41) is 9.41. The maximum atomic E-state index is 12.9. The number of halogens is 1. The van der Waals surface area contributed by atoms with Gasteiger partial charge >= 0.3 is 0 Å². The molecule has 6 heteroatoms. The molecule has 0 bridgehead atoms. The Morgan fingerprint density at radius 2 is 1.68 bits per heavy atom. The van der Waals surface area contributed by atoms with Crippen LogP contribution in [0, 0.1) is 5.82 Å². The van der Waals surface area contributed by atoms with Crippen LogP contribution in [-0.4, -0.2) is 38.0 Å². The maximum absolute atomic E-state index is 12.9. The number of nitrogens with zero attached hydrogens (tertiary/aromatic N) is 1. The molecule has 0 aliphatic rings. The van der Waals surface area contributed by atoms with Gasteiger partial charge in [0.2, 0.25) is 5.91 Å². The molecule has 0 saturated heterocycles. The largest absolute Gasteiger partial charge is 0.355 e. The number of aliphatic imine (C=N–C) groups is 1. The van der Waals surface area contributed by atoms with Gasteiger partial charge in [0.15, 0.2) is 5.96 Å². The molecule has 0 radical (unpaired) electrons. The molecule has 2 rings (SSSR count). The standard InChI is InChI=1S/C22H29FN4O/c1-17(8-9-18-6-4-3-5-7-18)27-22(24-2)26-15-14-25-21(28)16-19-10-12-20(23)13-11-19/h3-7,10-13,17H,8-9,14-16H2,1-2H3,(H,25,28)(H2,24,26,27). The molecular formula is C22H29FN4O. The number of rotatable bonds is 9. The van der Waals surface area contributed by atoms with Gasteiger partial charge in [-0.05, 0) is 43.0 Å². The molecule has 2 aromatic rings. The molecule has 0 saturated carbocycles. The van der Waals surface area contributed by atoms with E-state index in [4.69, 9.17) is 0 Å². The summed E-state index contributed by atoms with van der Waals surface area (Å²) in [6.07, 6.45) is 2.24. The molecule has 28 heavy (non-hydrogen) atoms. The molecule has 1 atom stereocenters. The predicted octanol–water partition coefficient (Wildman–Crippen LogP) is 2.67. The third-order valence-corrected chi connectivity index (χ3v) is 4.33. The number of hydrogen-bond acceptors (Lipinski definition) is 2. The maximum Gasteiger partial charge on any atom is 0.224 e. The average molecular weight is 384 g/mol. The van der Waals surface area contributed by atoms with Crippen LogP contribution in [0.15, 0.2) is 59.6 Å². The lowest BCUT2D eigenvalue weighted by Crippen LogP contribution is -2.45. The monoisotopic (exact) mass is 384 g/mol. The lowest BCUT2D eigenvalue weighted by molar-refractivity contribution is -0.120. The van der Waals surface area contributed by atoms with Gasteiger partial charge in [-0.15, -0.1) is 0 Å². The van der Waals surface area contributed by atoms with Gasteiger partial charge in [-0.3, -0.25) is 9.79 Å². The van der Waals surface area contributed by atoms with Crippen molar-refractivity contribution in [3.63, 3.8) is 0 Å². The molecule has 0 heterocycles. The fourth-order valence-electron chi connectivity index (χ4n) is 2.76. The highest BCUT2D eigenvalue weighted by atomic mass is 19.1. The van der Waals surface area contributed by atoms with Gasteiger partial charge in [-0.1, -0.05) is 42.5 Å². The number of carbonyl (C=O) groups is 1. The molecule has 3 N–H and O–H groups in total. The van der Waals surface area contributed by atoms with Gasteiger partial charge in [0, 0.05) is 26.2 Å². The minimum Gasteiger partial charge on any atom is -0.355 e. The quantitative estimate of drug-likeness (QED) is 0.354. The normalized spacial score (nSPS) is 12.3. The minimum atomic E-state index is -0.301. The van der Waals surface area contributed by atoms with Crippen molar-refractivity contribution in [3.05, 3.63) is 71.5 Å². The van der Waals surface area contributed by atoms with Crippen molar-refractivity contribution in [2.24, 2.45) is 4.99 Å². The second-order valence-corrected chi connectivity index (χ2v) is 6.72. The number of nitrogens with one attached hydrogen (secondary N) is 3. The molecular weight excluding hydrogens is 355 g/mol. The van der Waals surface area contributed by atoms with Gasteiger partial charge < -0.3 is 16.0 Å². The molecule has 0 spiro atoms. The van der Waals surface area contributed by atoms with Crippen molar-refractivity contribution < 1.29 is 9.18 Å². The first-order chi connectivity index (χ1) is 13.6. The van der Waals surface area contributed by atoms with E-state index in [-0.39, 0.29) is 24.2 Å². The Labute approximate surface area is 166 Å². The lowest BCUT2D eigenvalue weighted by Gasteiger charge is -2.18. The molecule has 0 aliphatic heterocycles. The van der Waals surface area contributed by atoms with E-state index in [2.05, 4.69) is 52.1 Å². The number of amides is 1. The van der Waals surface area contributed by atoms with Crippen LogP contribution in [-0.2, 0) is 17.6 Å². The topological polar surface area (TPSA) is 65.5 Å². The molecule has 0 aliphatic carbocycles. The molecule has 1 unspecified atom stereocenters. The van der Waals surface area contributed by atoms with Crippen LogP contribution in [0.4, 0.5) is 4.39 Å². The van der Waals surface area contributed by atoms with E-state index < -0.39 is 0 Å². The van der Waals surface area contributed by atoms with Crippen LogP contribution in [0.5, 0.6) is 0 Å². The van der Waals surface area contributed by atoms with Crippen molar-refractivity contribution in [2.45, 2.75) is 32.2 Å². The first kappa shape index (κ1) is 21.4. The van der Waals surface area contributed by atoms with E-state index in [9.17, 15) is 9.18 Å². The molecule has 150 valence electrons. The van der Waals surface area contributed by atoms with Crippen LogP contribution < -0.4 is 16.0 Å². The van der Waals surface area contributed by atoms with Crippen molar-refractivity contribution in [2.75, 3.05) is 20.1 Å². The van der Waals surface area contributed by atoms with Crippen LogP contribution in [0.1, 0.15) is 24.5 Å². The minimum absolute atomic E-state index is 0.0902. The number of hydrogen-bond donors (Lipinski definition) is 3. The zero-order valence-electron chi connectivity index (χ0n) is 16.5. The molecule has 5 nitrogen and oxygen atoms in total. The van der Waals surface area contributed by atoms with E-state index >= 15 is 0 Å². The number of aryl methyl sites for hydroxylation is 1. The Morgan fingerprint density at radius 1 is 1.00 bits per heavy atom. The third-order valence-electron chi connectivity index (χ3n) is 4.33. The van der Waals surface area contributed by atoms with Crippen LogP contribution in [0.3, 0.4) is 0 Å². The van der Waals surface area contributed by atoms with Crippen LogP contribution >= 0.6 is 0 Å². The number of benzene rings is 2. The molecule has 2 aromatic carbocycles. The Bertz CT molecular complexity index is 747. The number of carbonyl (C=O) groups excluding carboxylic acids is 1. The Kier molecular flexibility index (Phi) is 8.98. The summed E-state index contributed by atoms with van der Waals surface area (Å²) in [6.45, 7) is 3.18. The van der Waals surface area contributed by atoms with Gasteiger partial charge in [0.25, 0.3) is 0 Å². The second-order valence-electron chi connectivity index (χ2n) is 6.72. The van der Waals surface area contributed by atoms with E-state index in [1.165, 1.54) is 17.7 Å². The Hall–Kier alpha value is -2.89. The van der Waals surface area contributed by atoms with Gasteiger partial charge in [0.1, 0.15) is 5.82 Å². The predicted molar refractivity (Wildman–Crippen MR) is 112 cm³/mol.